The van der Waals surface area contributed by atoms with Crippen molar-refractivity contribution in [3.8, 4) is 16.9 Å². The lowest BCUT2D eigenvalue weighted by molar-refractivity contribution is -0.136. The molecule has 0 aliphatic carbocycles. The largest absolute Gasteiger partial charge is 0.489 e. The number of nitrogens with two attached hydrogens (primary N) is 1. The zero-order chi connectivity index (χ0) is 19.9. The summed E-state index contributed by atoms with van der Waals surface area (Å²) < 4.78 is 6.02. The van der Waals surface area contributed by atoms with E-state index in [-0.39, 0.29) is 6.42 Å². The fraction of sp³-hybridized carbons (Fsp3) is 0.208. The Balaban J connectivity index is 1.80. The molecule has 0 atom stereocenters. The zero-order valence-electron chi connectivity index (χ0n) is 16.0. The molecule has 0 aromatic heterocycles. The molecule has 4 heteroatoms. The van der Waals surface area contributed by atoms with Crippen molar-refractivity contribution < 1.29 is 14.6 Å². The van der Waals surface area contributed by atoms with E-state index in [1.165, 1.54) is 0 Å². The predicted octanol–water partition coefficient (Wildman–Crippen LogP) is 4.58. The van der Waals surface area contributed by atoms with Crippen LogP contribution in [-0.2, 0) is 30.8 Å². The maximum atomic E-state index is 11.1. The van der Waals surface area contributed by atoms with Gasteiger partial charge in [-0.15, -0.1) is 0 Å². The van der Waals surface area contributed by atoms with E-state index in [4.69, 9.17) is 15.6 Å². The van der Waals surface area contributed by atoms with Crippen molar-refractivity contribution in [2.45, 2.75) is 32.9 Å². The molecular weight excluding hydrogens is 350 g/mol. The molecule has 0 heterocycles. The van der Waals surface area contributed by atoms with Crippen molar-refractivity contribution in [2.75, 3.05) is 0 Å². The summed E-state index contributed by atoms with van der Waals surface area (Å²) in [4.78, 5) is 11.1. The summed E-state index contributed by atoms with van der Waals surface area (Å²) in [6.07, 6.45) is 0.821. The van der Waals surface area contributed by atoms with Crippen LogP contribution in [0.5, 0.6) is 5.75 Å². The molecule has 0 saturated carbocycles. The molecule has 28 heavy (non-hydrogen) atoms. The van der Waals surface area contributed by atoms with E-state index in [9.17, 15) is 4.79 Å². The Bertz CT molecular complexity index is 966. The molecule has 0 amide bonds. The summed E-state index contributed by atoms with van der Waals surface area (Å²) in [7, 11) is 0. The van der Waals surface area contributed by atoms with Crippen LogP contribution in [0.15, 0.2) is 66.7 Å². The van der Waals surface area contributed by atoms with E-state index in [0.29, 0.717) is 24.5 Å². The van der Waals surface area contributed by atoms with Gasteiger partial charge in [0.25, 0.3) is 0 Å². The molecule has 0 radical (unpaired) electrons. The highest BCUT2D eigenvalue weighted by Gasteiger charge is 2.10. The Morgan fingerprint density at radius 1 is 0.929 bits per heavy atom. The van der Waals surface area contributed by atoms with Gasteiger partial charge in [-0.05, 0) is 52.4 Å². The molecule has 3 rings (SSSR count). The topological polar surface area (TPSA) is 72.5 Å². The summed E-state index contributed by atoms with van der Waals surface area (Å²) >= 11 is 0. The van der Waals surface area contributed by atoms with Crippen molar-refractivity contribution in [1.82, 2.24) is 0 Å². The highest BCUT2D eigenvalue weighted by molar-refractivity contribution is 5.71. The van der Waals surface area contributed by atoms with E-state index in [1.54, 1.807) is 0 Å². The SMILES string of the molecule is CCc1ccc(CC(=O)O)c(OCc2cccc(-c3cccc(CN)c3)c2)c1. The molecule has 0 unspecified atom stereocenters. The predicted molar refractivity (Wildman–Crippen MR) is 111 cm³/mol. The van der Waals surface area contributed by atoms with Gasteiger partial charge in [-0.2, -0.15) is 0 Å². The van der Waals surface area contributed by atoms with Gasteiger partial charge in [0.05, 0.1) is 6.42 Å². The second-order valence-electron chi connectivity index (χ2n) is 6.76. The number of ether oxygens (including phenoxy) is 1. The molecule has 0 spiro atoms. The van der Waals surface area contributed by atoms with Crippen molar-refractivity contribution >= 4 is 5.97 Å². The molecule has 4 nitrogen and oxygen atoms in total. The maximum absolute atomic E-state index is 11.1. The van der Waals surface area contributed by atoms with Crippen molar-refractivity contribution in [2.24, 2.45) is 5.73 Å². The van der Waals surface area contributed by atoms with Gasteiger partial charge >= 0.3 is 5.97 Å². The van der Waals surface area contributed by atoms with E-state index in [1.807, 2.05) is 42.5 Å². The van der Waals surface area contributed by atoms with Crippen LogP contribution in [0.2, 0.25) is 0 Å². The Labute approximate surface area is 165 Å². The first-order valence-corrected chi connectivity index (χ1v) is 9.43. The van der Waals surface area contributed by atoms with Gasteiger partial charge in [0.15, 0.2) is 0 Å². The summed E-state index contributed by atoms with van der Waals surface area (Å²) in [5.41, 5.74) is 11.9. The standard InChI is InChI=1S/C24H25NO3/c1-2-17-9-10-22(14-24(26)27)23(13-17)28-16-19-6-4-8-21(12-19)20-7-3-5-18(11-20)15-25/h3-13H,2,14-16,25H2,1H3,(H,26,27). The van der Waals surface area contributed by atoms with Gasteiger partial charge in [-0.1, -0.05) is 55.5 Å². The van der Waals surface area contributed by atoms with Gasteiger partial charge in [0, 0.05) is 12.1 Å². The molecule has 3 aromatic rings. The third-order valence-electron chi connectivity index (χ3n) is 4.70. The summed E-state index contributed by atoms with van der Waals surface area (Å²) in [6, 6.07) is 22.1. The van der Waals surface area contributed by atoms with Crippen LogP contribution in [0.25, 0.3) is 11.1 Å². The minimum Gasteiger partial charge on any atom is -0.489 e. The number of aliphatic carboxylic acids is 1. The van der Waals surface area contributed by atoms with E-state index < -0.39 is 5.97 Å². The molecule has 144 valence electrons. The maximum Gasteiger partial charge on any atom is 0.307 e. The van der Waals surface area contributed by atoms with Crippen LogP contribution in [0.1, 0.15) is 29.2 Å². The van der Waals surface area contributed by atoms with E-state index in [2.05, 4.69) is 31.2 Å². The molecule has 3 aromatic carbocycles. The van der Waals surface area contributed by atoms with Crippen LogP contribution >= 0.6 is 0 Å². The lowest BCUT2D eigenvalue weighted by Crippen LogP contribution is -2.05. The Morgan fingerprint density at radius 3 is 2.25 bits per heavy atom. The van der Waals surface area contributed by atoms with Crippen LogP contribution in [-0.4, -0.2) is 11.1 Å². The second-order valence-corrected chi connectivity index (χ2v) is 6.76. The molecule has 0 aliphatic rings. The number of carboxylic acid groups (broad SMARTS) is 1. The summed E-state index contributed by atoms with van der Waals surface area (Å²) in [5.74, 6) is -0.229. The smallest absolute Gasteiger partial charge is 0.307 e. The van der Waals surface area contributed by atoms with Crippen LogP contribution in [0.4, 0.5) is 0 Å². The average molecular weight is 375 g/mol. The number of aryl methyl sites for hydroxylation is 1. The number of rotatable bonds is 8. The number of hydrogen-bond acceptors (Lipinski definition) is 3. The zero-order valence-corrected chi connectivity index (χ0v) is 16.0. The summed E-state index contributed by atoms with van der Waals surface area (Å²) in [5, 5.41) is 9.14. The highest BCUT2D eigenvalue weighted by atomic mass is 16.5. The highest BCUT2D eigenvalue weighted by Crippen LogP contribution is 2.25. The Hall–Kier alpha value is -3.11. The van der Waals surface area contributed by atoms with Gasteiger partial charge in [0.1, 0.15) is 12.4 Å². The first kappa shape index (κ1) is 19.6. The Morgan fingerprint density at radius 2 is 1.61 bits per heavy atom. The number of carboxylic acids is 1. The lowest BCUT2D eigenvalue weighted by Gasteiger charge is -2.13. The summed E-state index contributed by atoms with van der Waals surface area (Å²) in [6.45, 7) is 2.95. The first-order chi connectivity index (χ1) is 13.6. The lowest BCUT2D eigenvalue weighted by atomic mass is 10.0. The molecule has 0 saturated heterocycles. The van der Waals surface area contributed by atoms with Gasteiger partial charge in [-0.3, -0.25) is 4.79 Å². The van der Waals surface area contributed by atoms with Gasteiger partial charge in [-0.25, -0.2) is 0 Å². The minimum absolute atomic E-state index is 0.0503. The number of carbonyl (C=O) groups is 1. The molecule has 0 bridgehead atoms. The third-order valence-corrected chi connectivity index (χ3v) is 4.70. The van der Waals surface area contributed by atoms with Crippen molar-refractivity contribution in [3.63, 3.8) is 0 Å². The van der Waals surface area contributed by atoms with Gasteiger partial charge < -0.3 is 15.6 Å². The van der Waals surface area contributed by atoms with Crippen molar-refractivity contribution in [1.29, 1.82) is 0 Å². The van der Waals surface area contributed by atoms with Crippen LogP contribution in [0, 0.1) is 0 Å². The van der Waals surface area contributed by atoms with Crippen molar-refractivity contribution in [3.05, 3.63) is 89.0 Å². The minimum atomic E-state index is -0.865. The number of hydrogen-bond donors (Lipinski definition) is 2. The molecule has 3 N–H and O–H groups in total. The normalized spacial score (nSPS) is 10.6. The second kappa shape index (κ2) is 9.20. The van der Waals surface area contributed by atoms with E-state index >= 15 is 0 Å². The fourth-order valence-electron chi connectivity index (χ4n) is 3.14. The molecule has 0 fully saturated rings. The molecular formula is C24H25NO3. The Kier molecular flexibility index (Phi) is 6.45. The fourth-order valence-corrected chi connectivity index (χ4v) is 3.14. The van der Waals surface area contributed by atoms with Crippen LogP contribution in [0.3, 0.4) is 0 Å². The monoisotopic (exact) mass is 375 g/mol. The van der Waals surface area contributed by atoms with Gasteiger partial charge in [0.2, 0.25) is 0 Å². The molecule has 0 aliphatic heterocycles. The number of benzene rings is 3. The average Bonchev–Trinajstić information content (AvgIpc) is 2.73. The third kappa shape index (κ3) is 4.99. The van der Waals surface area contributed by atoms with Crippen LogP contribution < -0.4 is 10.5 Å². The van der Waals surface area contributed by atoms with E-state index in [0.717, 1.165) is 34.2 Å². The first-order valence-electron chi connectivity index (χ1n) is 9.43. The quantitative estimate of drug-likeness (QED) is 0.604.